The van der Waals surface area contributed by atoms with Crippen LogP contribution in [-0.4, -0.2) is 11.2 Å². The van der Waals surface area contributed by atoms with E-state index in [0.717, 1.165) is 0 Å². The van der Waals surface area contributed by atoms with Crippen molar-refractivity contribution in [2.75, 3.05) is 0 Å². The summed E-state index contributed by atoms with van der Waals surface area (Å²) in [7, 11) is 0. The third-order valence-electron chi connectivity index (χ3n) is 0.870. The summed E-state index contributed by atoms with van der Waals surface area (Å²) < 4.78 is 0. The van der Waals surface area contributed by atoms with Gasteiger partial charge in [0.1, 0.15) is 0 Å². The highest BCUT2D eigenvalue weighted by atomic mass is 17.1. The second-order valence-corrected chi connectivity index (χ2v) is 1.41. The predicted octanol–water partition coefficient (Wildman–Crippen LogP) is 0.991. The molecule has 0 atom stereocenters. The fraction of sp³-hybridized carbons (Fsp3) is 0.167. The predicted molar refractivity (Wildman–Crippen MR) is 32.6 cm³/mol. The fourth-order valence-electron chi connectivity index (χ4n) is 0.350. The van der Waals surface area contributed by atoms with Crippen LogP contribution >= 0.6 is 0 Å². The van der Waals surface area contributed by atoms with Crippen LogP contribution in [0.3, 0.4) is 0 Å². The molecule has 0 aliphatic rings. The molecule has 0 aliphatic heterocycles. The third-order valence-corrected chi connectivity index (χ3v) is 0.870. The lowest BCUT2D eigenvalue weighted by Crippen LogP contribution is -2.10. The van der Waals surface area contributed by atoms with E-state index in [1.807, 2.05) is 0 Å². The Kier molecular flexibility index (Phi) is 3.39. The first-order valence-electron chi connectivity index (χ1n) is 2.36. The molecule has 0 aliphatic carbocycles. The first kappa shape index (κ1) is 7.91. The highest BCUT2D eigenvalue weighted by Crippen LogP contribution is 1.99. The van der Waals surface area contributed by atoms with Crippen molar-refractivity contribution in [3.05, 3.63) is 25.3 Å². The molecule has 0 spiro atoms. The lowest BCUT2D eigenvalue weighted by molar-refractivity contribution is -0.236. The number of carbonyl (C=O) groups excluding carboxylic acids is 1. The Bertz CT molecular complexity index is 120. The third kappa shape index (κ3) is 2.10. The second kappa shape index (κ2) is 3.86. The molecule has 0 fully saturated rings. The highest BCUT2D eigenvalue weighted by Gasteiger charge is 2.10. The van der Waals surface area contributed by atoms with Crippen LogP contribution in [0, 0.1) is 5.92 Å². The van der Waals surface area contributed by atoms with Gasteiger partial charge in [-0.2, -0.15) is 5.26 Å². The second-order valence-electron chi connectivity index (χ2n) is 1.41. The van der Waals surface area contributed by atoms with E-state index in [4.69, 9.17) is 5.26 Å². The van der Waals surface area contributed by atoms with Gasteiger partial charge in [-0.1, -0.05) is 12.2 Å². The van der Waals surface area contributed by atoms with Crippen molar-refractivity contribution < 1.29 is 14.9 Å². The van der Waals surface area contributed by atoms with Crippen LogP contribution in [0.5, 0.6) is 0 Å². The van der Waals surface area contributed by atoms with Gasteiger partial charge >= 0.3 is 5.97 Å². The first-order valence-corrected chi connectivity index (χ1v) is 2.36. The number of hydrogen-bond acceptors (Lipinski definition) is 3. The number of hydrogen-bond donors (Lipinski definition) is 1. The number of carbonyl (C=O) groups is 1. The summed E-state index contributed by atoms with van der Waals surface area (Å²) in [6.07, 6.45) is 2.65. The summed E-state index contributed by atoms with van der Waals surface area (Å²) in [4.78, 5) is 13.8. The average Bonchev–Trinajstić information content (AvgIpc) is 1.90. The molecule has 0 heterocycles. The van der Waals surface area contributed by atoms with Gasteiger partial charge in [0.05, 0.1) is 5.92 Å². The molecule has 0 aromatic carbocycles. The molecular weight excluding hydrogens is 120 g/mol. The van der Waals surface area contributed by atoms with Crippen molar-refractivity contribution in [1.82, 2.24) is 0 Å². The first-order chi connectivity index (χ1) is 4.26. The van der Waals surface area contributed by atoms with Crippen LogP contribution in [0.15, 0.2) is 25.3 Å². The number of rotatable bonds is 3. The summed E-state index contributed by atoms with van der Waals surface area (Å²) in [5.41, 5.74) is 0. The van der Waals surface area contributed by atoms with Crippen LogP contribution < -0.4 is 0 Å². The van der Waals surface area contributed by atoms with Crippen molar-refractivity contribution in [3.8, 4) is 0 Å². The molecule has 0 aromatic heterocycles. The summed E-state index contributed by atoms with van der Waals surface area (Å²) >= 11 is 0. The van der Waals surface area contributed by atoms with E-state index in [1.54, 1.807) is 0 Å². The molecule has 9 heavy (non-hydrogen) atoms. The largest absolute Gasteiger partial charge is 0.352 e. The SMILES string of the molecule is C=CC(C=C)C(=O)OO. The van der Waals surface area contributed by atoms with Crippen molar-refractivity contribution in [1.29, 1.82) is 0 Å². The molecule has 0 amide bonds. The minimum atomic E-state index is -0.764. The van der Waals surface area contributed by atoms with Gasteiger partial charge in [0.25, 0.3) is 0 Å². The molecule has 0 saturated carbocycles. The van der Waals surface area contributed by atoms with Crippen LogP contribution in [-0.2, 0) is 9.68 Å². The zero-order valence-corrected chi connectivity index (χ0v) is 4.91. The minimum Gasteiger partial charge on any atom is -0.300 e. The van der Waals surface area contributed by atoms with Gasteiger partial charge in [0.15, 0.2) is 0 Å². The van der Waals surface area contributed by atoms with Crippen LogP contribution in [0.25, 0.3) is 0 Å². The lowest BCUT2D eigenvalue weighted by atomic mass is 10.1. The van der Waals surface area contributed by atoms with E-state index in [2.05, 4.69) is 18.0 Å². The molecular formula is C6H8O3. The average molecular weight is 128 g/mol. The zero-order valence-electron chi connectivity index (χ0n) is 4.91. The summed E-state index contributed by atoms with van der Waals surface area (Å²) in [6, 6.07) is 0. The van der Waals surface area contributed by atoms with Crippen molar-refractivity contribution >= 4 is 5.97 Å². The molecule has 3 nitrogen and oxygen atoms in total. The Labute approximate surface area is 53.2 Å². The molecule has 0 unspecified atom stereocenters. The molecule has 0 aromatic rings. The maximum absolute atomic E-state index is 10.4. The lowest BCUT2D eigenvalue weighted by Gasteiger charge is -1.98. The molecule has 0 bridgehead atoms. The Morgan fingerprint density at radius 1 is 1.56 bits per heavy atom. The monoisotopic (exact) mass is 128 g/mol. The minimum absolute atomic E-state index is 0.616. The summed E-state index contributed by atoms with van der Waals surface area (Å²) in [5, 5.41) is 7.82. The van der Waals surface area contributed by atoms with Gasteiger partial charge in [-0.05, 0) is 0 Å². The quantitative estimate of drug-likeness (QED) is 0.350. The van der Waals surface area contributed by atoms with Crippen molar-refractivity contribution in [3.63, 3.8) is 0 Å². The standard InChI is InChI=1S/C6H8O3/c1-3-5(4-2)6(7)9-8/h3-5,8H,1-2H2. The Hall–Kier alpha value is -1.09. The van der Waals surface area contributed by atoms with E-state index in [-0.39, 0.29) is 0 Å². The van der Waals surface area contributed by atoms with Gasteiger partial charge in [-0.25, -0.2) is 4.79 Å². The summed E-state index contributed by atoms with van der Waals surface area (Å²) in [6.45, 7) is 6.64. The van der Waals surface area contributed by atoms with E-state index in [0.29, 0.717) is 0 Å². The van der Waals surface area contributed by atoms with E-state index in [1.165, 1.54) is 12.2 Å². The fourth-order valence-corrected chi connectivity index (χ4v) is 0.350. The highest BCUT2D eigenvalue weighted by molar-refractivity contribution is 5.75. The van der Waals surface area contributed by atoms with Gasteiger partial charge in [0, 0.05) is 0 Å². The Balaban J connectivity index is 3.93. The van der Waals surface area contributed by atoms with Crippen molar-refractivity contribution in [2.24, 2.45) is 5.92 Å². The Morgan fingerprint density at radius 2 is 2.00 bits per heavy atom. The Morgan fingerprint density at radius 3 is 2.11 bits per heavy atom. The van der Waals surface area contributed by atoms with E-state index in [9.17, 15) is 4.79 Å². The maximum Gasteiger partial charge on any atom is 0.352 e. The maximum atomic E-state index is 10.4. The van der Waals surface area contributed by atoms with E-state index >= 15 is 0 Å². The van der Waals surface area contributed by atoms with Gasteiger partial charge in [-0.15, -0.1) is 13.2 Å². The van der Waals surface area contributed by atoms with Gasteiger partial charge in [-0.3, -0.25) is 0 Å². The molecule has 1 N–H and O–H groups in total. The molecule has 3 heteroatoms. The van der Waals surface area contributed by atoms with Crippen LogP contribution in [0.2, 0.25) is 0 Å². The van der Waals surface area contributed by atoms with Crippen LogP contribution in [0.1, 0.15) is 0 Å². The smallest absolute Gasteiger partial charge is 0.300 e. The van der Waals surface area contributed by atoms with Crippen molar-refractivity contribution in [2.45, 2.75) is 0 Å². The molecule has 50 valence electrons. The molecule has 0 rings (SSSR count). The van der Waals surface area contributed by atoms with Gasteiger partial charge < -0.3 is 4.89 Å². The van der Waals surface area contributed by atoms with E-state index < -0.39 is 11.9 Å². The summed E-state index contributed by atoms with van der Waals surface area (Å²) in [5.74, 6) is -1.38. The molecule has 0 radical (unpaired) electrons. The van der Waals surface area contributed by atoms with Gasteiger partial charge in [0.2, 0.25) is 0 Å². The topological polar surface area (TPSA) is 46.5 Å². The normalized spacial score (nSPS) is 8.67. The zero-order chi connectivity index (χ0) is 7.28. The van der Waals surface area contributed by atoms with Crippen LogP contribution in [0.4, 0.5) is 0 Å². The molecule has 0 saturated heterocycles.